The van der Waals surface area contributed by atoms with Crippen LogP contribution in [-0.4, -0.2) is 25.0 Å². The summed E-state index contributed by atoms with van der Waals surface area (Å²) < 4.78 is 16.9. The lowest BCUT2D eigenvalue weighted by Crippen LogP contribution is -2.41. The van der Waals surface area contributed by atoms with Crippen LogP contribution in [0.2, 0.25) is 0 Å². The Balaban J connectivity index is 1.55. The molecule has 4 aromatic rings. The minimum absolute atomic E-state index is 0.148. The molecule has 1 unspecified atom stereocenters. The molecule has 1 saturated carbocycles. The van der Waals surface area contributed by atoms with Gasteiger partial charge in [0.2, 0.25) is 5.91 Å². The highest BCUT2D eigenvalue weighted by molar-refractivity contribution is 5.88. The molecule has 2 aromatic carbocycles. The Morgan fingerprint density at radius 3 is 2.51 bits per heavy atom. The summed E-state index contributed by atoms with van der Waals surface area (Å²) in [5, 5.41) is 2.72. The lowest BCUT2D eigenvalue weighted by Gasteiger charge is -2.11. The molecule has 2 aromatic heterocycles. The fraction of sp³-hybridized carbons (Fsp3) is 0.308. The molecule has 0 spiro atoms. The fourth-order valence-corrected chi connectivity index (χ4v) is 4.39. The van der Waals surface area contributed by atoms with Crippen LogP contribution in [-0.2, 0) is 24.3 Å². The normalized spacial score (nSPS) is 17.0. The predicted octanol–water partition coefficient (Wildman–Crippen LogP) is 3.28. The highest BCUT2D eigenvalue weighted by Crippen LogP contribution is 2.39. The second-order valence-corrected chi connectivity index (χ2v) is 9.29. The van der Waals surface area contributed by atoms with E-state index < -0.39 is 17.1 Å². The highest BCUT2D eigenvalue weighted by atomic mass is 19.1. The van der Waals surface area contributed by atoms with Gasteiger partial charge in [0, 0.05) is 31.1 Å². The molecular formula is C26H26FN5O3. The number of imidazole rings is 1. The standard InChI is InChI=1S/C26H26FN5O3/c1-15-11-19(15)14-31-24-23(25(34)32(26(31)35)13-18-5-3-4-6-21(18)27)29-22(30-24)12-17-7-9-20(10-8-17)28-16(2)33/h3-10,15,19H,11-14H2,1-2H3,(H,28,33)(H,29,30)/t15-,19?/m0/s1. The monoisotopic (exact) mass is 475 g/mol. The van der Waals surface area contributed by atoms with Crippen molar-refractivity contribution in [1.29, 1.82) is 0 Å². The lowest BCUT2D eigenvalue weighted by atomic mass is 10.1. The number of aromatic amines is 1. The van der Waals surface area contributed by atoms with E-state index in [1.54, 1.807) is 34.9 Å². The first-order valence-electron chi connectivity index (χ1n) is 11.6. The van der Waals surface area contributed by atoms with Gasteiger partial charge >= 0.3 is 5.69 Å². The number of nitrogens with one attached hydrogen (secondary N) is 2. The summed E-state index contributed by atoms with van der Waals surface area (Å²) in [6.07, 6.45) is 1.42. The second kappa shape index (κ2) is 8.98. The van der Waals surface area contributed by atoms with Crippen LogP contribution in [0, 0.1) is 17.7 Å². The van der Waals surface area contributed by atoms with Crippen molar-refractivity contribution in [2.75, 3.05) is 5.32 Å². The van der Waals surface area contributed by atoms with E-state index in [-0.39, 0.29) is 23.5 Å². The number of carbonyl (C=O) groups excluding carboxylic acids is 1. The molecule has 0 bridgehead atoms. The van der Waals surface area contributed by atoms with Crippen LogP contribution in [0.5, 0.6) is 0 Å². The van der Waals surface area contributed by atoms with E-state index in [4.69, 9.17) is 0 Å². The summed E-state index contributed by atoms with van der Waals surface area (Å²) >= 11 is 0. The van der Waals surface area contributed by atoms with E-state index in [1.807, 2.05) is 12.1 Å². The molecule has 2 N–H and O–H groups in total. The number of halogens is 1. The fourth-order valence-electron chi connectivity index (χ4n) is 4.39. The Morgan fingerprint density at radius 1 is 1.14 bits per heavy atom. The number of fused-ring (bicyclic) bond motifs is 1. The predicted molar refractivity (Wildman–Crippen MR) is 131 cm³/mol. The quantitative estimate of drug-likeness (QED) is 0.428. The number of hydrogen-bond acceptors (Lipinski definition) is 4. The number of amides is 1. The number of carbonyl (C=O) groups is 1. The number of aromatic nitrogens is 4. The molecule has 1 aliphatic carbocycles. The third-order valence-electron chi connectivity index (χ3n) is 6.54. The zero-order valence-electron chi connectivity index (χ0n) is 19.5. The van der Waals surface area contributed by atoms with Gasteiger partial charge in [-0.3, -0.25) is 18.7 Å². The summed E-state index contributed by atoms with van der Waals surface area (Å²) in [6.45, 7) is 3.88. The van der Waals surface area contributed by atoms with Crippen LogP contribution in [0.4, 0.5) is 10.1 Å². The molecule has 35 heavy (non-hydrogen) atoms. The molecule has 1 amide bonds. The highest BCUT2D eigenvalue weighted by Gasteiger charge is 2.34. The van der Waals surface area contributed by atoms with Gasteiger partial charge in [-0.05, 0) is 42.0 Å². The van der Waals surface area contributed by atoms with Gasteiger partial charge < -0.3 is 10.3 Å². The maximum Gasteiger partial charge on any atom is 0.333 e. The zero-order valence-corrected chi connectivity index (χ0v) is 19.5. The lowest BCUT2D eigenvalue weighted by molar-refractivity contribution is -0.114. The molecule has 5 rings (SSSR count). The summed E-state index contributed by atoms with van der Waals surface area (Å²) in [6, 6.07) is 13.5. The van der Waals surface area contributed by atoms with Crippen molar-refractivity contribution in [2.45, 2.75) is 39.8 Å². The van der Waals surface area contributed by atoms with Crippen molar-refractivity contribution < 1.29 is 9.18 Å². The minimum Gasteiger partial charge on any atom is -0.336 e. The summed E-state index contributed by atoms with van der Waals surface area (Å²) in [5.74, 6) is 0.783. The number of hydrogen-bond donors (Lipinski definition) is 2. The molecule has 1 aliphatic rings. The third-order valence-corrected chi connectivity index (χ3v) is 6.54. The number of H-pyrrole nitrogens is 1. The Morgan fingerprint density at radius 2 is 1.86 bits per heavy atom. The summed E-state index contributed by atoms with van der Waals surface area (Å²) in [4.78, 5) is 45.7. The van der Waals surface area contributed by atoms with Crippen LogP contribution in [0.1, 0.15) is 37.2 Å². The van der Waals surface area contributed by atoms with E-state index in [9.17, 15) is 18.8 Å². The number of anilines is 1. The third kappa shape index (κ3) is 4.66. The maximum atomic E-state index is 14.3. The van der Waals surface area contributed by atoms with Crippen LogP contribution in [0.25, 0.3) is 11.2 Å². The second-order valence-electron chi connectivity index (χ2n) is 9.29. The van der Waals surface area contributed by atoms with Gasteiger partial charge in [-0.25, -0.2) is 14.2 Å². The topological polar surface area (TPSA) is 102 Å². The number of rotatable bonds is 7. The Kier molecular flexibility index (Phi) is 5.84. The van der Waals surface area contributed by atoms with Gasteiger partial charge in [0.1, 0.15) is 17.2 Å². The van der Waals surface area contributed by atoms with Crippen molar-refractivity contribution in [3.05, 3.63) is 92.1 Å². The molecule has 8 nitrogen and oxygen atoms in total. The van der Waals surface area contributed by atoms with Crippen LogP contribution < -0.4 is 16.6 Å². The van der Waals surface area contributed by atoms with Gasteiger partial charge in [0.15, 0.2) is 5.65 Å². The van der Waals surface area contributed by atoms with Crippen LogP contribution in [0.3, 0.4) is 0 Å². The molecule has 1 fully saturated rings. The van der Waals surface area contributed by atoms with Crippen molar-refractivity contribution in [1.82, 2.24) is 19.1 Å². The molecule has 9 heteroatoms. The van der Waals surface area contributed by atoms with Gasteiger partial charge in [0.05, 0.1) is 6.54 Å². The van der Waals surface area contributed by atoms with Crippen molar-refractivity contribution in [3.63, 3.8) is 0 Å². The first-order valence-corrected chi connectivity index (χ1v) is 11.6. The van der Waals surface area contributed by atoms with Gasteiger partial charge in [-0.15, -0.1) is 0 Å². The number of nitrogens with zero attached hydrogens (tertiary/aromatic N) is 3. The smallest absolute Gasteiger partial charge is 0.333 e. The van der Waals surface area contributed by atoms with Crippen LogP contribution >= 0.6 is 0 Å². The Bertz CT molecular complexity index is 1530. The Hall–Kier alpha value is -4.01. The molecule has 0 radical (unpaired) electrons. The first-order chi connectivity index (χ1) is 16.8. The van der Waals surface area contributed by atoms with E-state index in [2.05, 4.69) is 22.2 Å². The largest absolute Gasteiger partial charge is 0.336 e. The van der Waals surface area contributed by atoms with E-state index in [0.29, 0.717) is 42.0 Å². The molecule has 0 saturated heterocycles. The van der Waals surface area contributed by atoms with E-state index in [1.165, 1.54) is 13.0 Å². The molecule has 2 atom stereocenters. The molecule has 0 aliphatic heterocycles. The summed E-state index contributed by atoms with van der Waals surface area (Å²) in [5.41, 5.74) is 1.45. The van der Waals surface area contributed by atoms with E-state index >= 15 is 0 Å². The summed E-state index contributed by atoms with van der Waals surface area (Å²) in [7, 11) is 0. The maximum absolute atomic E-state index is 14.3. The van der Waals surface area contributed by atoms with E-state index in [0.717, 1.165) is 16.6 Å². The van der Waals surface area contributed by atoms with Crippen molar-refractivity contribution in [2.24, 2.45) is 11.8 Å². The molecule has 180 valence electrons. The molecular weight excluding hydrogens is 449 g/mol. The average molecular weight is 476 g/mol. The molecule has 2 heterocycles. The first kappa shape index (κ1) is 22.8. The SMILES string of the molecule is CC(=O)Nc1ccc(Cc2nc3c([nH]2)c(=O)n(Cc2ccccc2F)c(=O)n3CC2C[C@@H]2C)cc1. The van der Waals surface area contributed by atoms with Gasteiger partial charge in [-0.1, -0.05) is 37.3 Å². The van der Waals surface area contributed by atoms with Gasteiger partial charge in [-0.2, -0.15) is 0 Å². The van der Waals surface area contributed by atoms with Gasteiger partial charge in [0.25, 0.3) is 5.56 Å². The average Bonchev–Trinajstić information content (AvgIpc) is 3.35. The van der Waals surface area contributed by atoms with Crippen LogP contribution in [0.15, 0.2) is 58.1 Å². The van der Waals surface area contributed by atoms with Crippen molar-refractivity contribution in [3.8, 4) is 0 Å². The van der Waals surface area contributed by atoms with Crippen molar-refractivity contribution >= 4 is 22.8 Å². The zero-order chi connectivity index (χ0) is 24.7. The minimum atomic E-state index is -0.520. The number of benzene rings is 2. The Labute approximate surface area is 200 Å².